The Morgan fingerprint density at radius 3 is 2.31 bits per heavy atom. The third-order valence-corrected chi connectivity index (χ3v) is 1.24. The molecule has 3 heteroatoms. The molecular formula is C10H18O3. The van der Waals surface area contributed by atoms with Gasteiger partial charge in [-0.25, -0.2) is 4.79 Å². The van der Waals surface area contributed by atoms with Crippen molar-refractivity contribution in [3.8, 4) is 0 Å². The number of hydrogen-bond donors (Lipinski definition) is 0. The van der Waals surface area contributed by atoms with E-state index >= 15 is 0 Å². The Morgan fingerprint density at radius 1 is 1.38 bits per heavy atom. The molecule has 0 aliphatic heterocycles. The van der Waals surface area contributed by atoms with E-state index in [1.807, 2.05) is 20.8 Å². The minimum absolute atomic E-state index is 0.225. The monoisotopic (exact) mass is 186 g/mol. The fourth-order valence-corrected chi connectivity index (χ4v) is 0.596. The molecule has 0 aliphatic rings. The summed E-state index contributed by atoms with van der Waals surface area (Å²) in [5, 5.41) is 0. The lowest BCUT2D eigenvalue weighted by molar-refractivity contribution is -0.139. The van der Waals surface area contributed by atoms with E-state index in [1.165, 1.54) is 0 Å². The predicted octanol–water partition coefficient (Wildman–Crippen LogP) is 1.92. The molecule has 0 aliphatic carbocycles. The smallest absolute Gasteiger partial charge is 0.335 e. The first-order valence-corrected chi connectivity index (χ1v) is 4.35. The second kappa shape index (κ2) is 5.02. The third kappa shape index (κ3) is 6.34. The number of ether oxygens (including phenoxy) is 2. The first kappa shape index (κ1) is 12.2. The highest BCUT2D eigenvalue weighted by atomic mass is 16.5. The molecule has 0 fully saturated rings. The first-order chi connectivity index (χ1) is 5.87. The zero-order chi connectivity index (χ0) is 10.5. The van der Waals surface area contributed by atoms with Crippen LogP contribution in [0.15, 0.2) is 12.2 Å². The molecule has 13 heavy (non-hydrogen) atoms. The van der Waals surface area contributed by atoms with Crippen molar-refractivity contribution >= 4 is 5.97 Å². The van der Waals surface area contributed by atoms with Gasteiger partial charge in [0.1, 0.15) is 0 Å². The molecule has 0 amide bonds. The van der Waals surface area contributed by atoms with Crippen molar-refractivity contribution in [2.75, 3.05) is 13.2 Å². The maximum Gasteiger partial charge on any atom is 0.335 e. The minimum Gasteiger partial charge on any atom is -0.463 e. The molecule has 0 heterocycles. The van der Waals surface area contributed by atoms with Gasteiger partial charge in [-0.15, -0.1) is 0 Å². The summed E-state index contributed by atoms with van der Waals surface area (Å²) < 4.78 is 10.1. The summed E-state index contributed by atoms with van der Waals surface area (Å²) in [7, 11) is 0. The highest BCUT2D eigenvalue weighted by Gasteiger charge is 2.14. The van der Waals surface area contributed by atoms with Crippen LogP contribution in [0, 0.1) is 0 Å². The van der Waals surface area contributed by atoms with Crippen LogP contribution < -0.4 is 0 Å². The summed E-state index contributed by atoms with van der Waals surface area (Å²) in [6, 6.07) is 0. The lowest BCUT2D eigenvalue weighted by Crippen LogP contribution is -2.22. The standard InChI is InChI=1S/C10H18O3/c1-6-12-9(11)8(2)7-13-10(3,4)5/h2,6-7H2,1,3-5H3. The molecule has 0 radical (unpaired) electrons. The van der Waals surface area contributed by atoms with Gasteiger partial charge in [0, 0.05) is 0 Å². The Bertz CT molecular complexity index is 189. The zero-order valence-electron chi connectivity index (χ0n) is 8.85. The second-order valence-corrected chi connectivity index (χ2v) is 3.73. The topological polar surface area (TPSA) is 35.5 Å². The largest absolute Gasteiger partial charge is 0.463 e. The van der Waals surface area contributed by atoms with Crippen LogP contribution in [0.1, 0.15) is 27.7 Å². The molecule has 0 saturated heterocycles. The van der Waals surface area contributed by atoms with Crippen molar-refractivity contribution < 1.29 is 14.3 Å². The van der Waals surface area contributed by atoms with Gasteiger partial charge in [-0.3, -0.25) is 0 Å². The van der Waals surface area contributed by atoms with E-state index in [-0.39, 0.29) is 18.2 Å². The normalized spacial score (nSPS) is 11.1. The first-order valence-electron chi connectivity index (χ1n) is 4.35. The van der Waals surface area contributed by atoms with Crippen LogP contribution >= 0.6 is 0 Å². The van der Waals surface area contributed by atoms with Crippen molar-refractivity contribution in [2.24, 2.45) is 0 Å². The number of esters is 1. The van der Waals surface area contributed by atoms with Gasteiger partial charge in [-0.2, -0.15) is 0 Å². The SMILES string of the molecule is C=C(COC(C)(C)C)C(=O)OCC. The highest BCUT2D eigenvalue weighted by molar-refractivity contribution is 5.87. The summed E-state index contributed by atoms with van der Waals surface area (Å²) >= 11 is 0. The van der Waals surface area contributed by atoms with Gasteiger partial charge in [0.25, 0.3) is 0 Å². The molecule has 0 rings (SSSR count). The van der Waals surface area contributed by atoms with Crippen LogP contribution in [0.5, 0.6) is 0 Å². The molecular weight excluding hydrogens is 168 g/mol. The number of hydrogen-bond acceptors (Lipinski definition) is 3. The lowest BCUT2D eigenvalue weighted by Gasteiger charge is -2.19. The molecule has 0 bridgehead atoms. The zero-order valence-corrected chi connectivity index (χ0v) is 8.85. The summed E-state index contributed by atoms with van der Waals surface area (Å²) in [5.74, 6) is -0.383. The van der Waals surface area contributed by atoms with Crippen molar-refractivity contribution in [3.63, 3.8) is 0 Å². The summed E-state index contributed by atoms with van der Waals surface area (Å²) in [6.07, 6.45) is 0. The maximum atomic E-state index is 11.1. The van der Waals surface area contributed by atoms with Gasteiger partial charge in [0.05, 0.1) is 24.4 Å². The molecule has 0 atom stereocenters. The average Bonchev–Trinajstić information content (AvgIpc) is 1.99. The van der Waals surface area contributed by atoms with Gasteiger partial charge >= 0.3 is 5.97 Å². The summed E-state index contributed by atoms with van der Waals surface area (Å²) in [5.41, 5.74) is 0.104. The van der Waals surface area contributed by atoms with Crippen molar-refractivity contribution in [3.05, 3.63) is 12.2 Å². The van der Waals surface area contributed by atoms with Crippen LogP contribution in [-0.2, 0) is 14.3 Å². The molecule has 0 unspecified atom stereocenters. The van der Waals surface area contributed by atoms with Gasteiger partial charge in [-0.05, 0) is 27.7 Å². The second-order valence-electron chi connectivity index (χ2n) is 3.73. The lowest BCUT2D eigenvalue weighted by atomic mass is 10.2. The molecule has 0 aromatic heterocycles. The Morgan fingerprint density at radius 2 is 1.92 bits per heavy atom. The molecule has 76 valence electrons. The van der Waals surface area contributed by atoms with Gasteiger partial charge in [0.2, 0.25) is 0 Å². The Labute approximate surface area is 79.7 Å². The van der Waals surface area contributed by atoms with E-state index in [0.29, 0.717) is 12.2 Å². The van der Waals surface area contributed by atoms with Crippen LogP contribution in [0.4, 0.5) is 0 Å². The van der Waals surface area contributed by atoms with Crippen molar-refractivity contribution in [1.82, 2.24) is 0 Å². The molecule has 0 saturated carbocycles. The fourth-order valence-electron chi connectivity index (χ4n) is 0.596. The predicted molar refractivity (Wildman–Crippen MR) is 51.5 cm³/mol. The van der Waals surface area contributed by atoms with Crippen molar-refractivity contribution in [2.45, 2.75) is 33.3 Å². The molecule has 0 N–H and O–H groups in total. The van der Waals surface area contributed by atoms with Gasteiger partial charge in [-0.1, -0.05) is 6.58 Å². The van der Waals surface area contributed by atoms with E-state index in [1.54, 1.807) is 6.92 Å². The van der Waals surface area contributed by atoms with E-state index in [9.17, 15) is 4.79 Å². The fraction of sp³-hybridized carbons (Fsp3) is 0.700. The minimum atomic E-state index is -0.383. The quantitative estimate of drug-likeness (QED) is 0.497. The Kier molecular flexibility index (Phi) is 4.70. The Balaban J connectivity index is 3.82. The van der Waals surface area contributed by atoms with E-state index in [0.717, 1.165) is 0 Å². The van der Waals surface area contributed by atoms with Crippen LogP contribution in [0.25, 0.3) is 0 Å². The summed E-state index contributed by atoms with van der Waals surface area (Å²) in [4.78, 5) is 11.1. The van der Waals surface area contributed by atoms with Crippen LogP contribution in [0.2, 0.25) is 0 Å². The van der Waals surface area contributed by atoms with E-state index in [4.69, 9.17) is 9.47 Å². The summed E-state index contributed by atoms with van der Waals surface area (Å²) in [6.45, 7) is 11.7. The molecule has 0 aromatic rings. The highest BCUT2D eigenvalue weighted by Crippen LogP contribution is 2.08. The molecule has 3 nitrogen and oxygen atoms in total. The maximum absolute atomic E-state index is 11.1. The van der Waals surface area contributed by atoms with Gasteiger partial charge in [0.15, 0.2) is 0 Å². The number of carbonyl (C=O) groups is 1. The van der Waals surface area contributed by atoms with Gasteiger partial charge < -0.3 is 9.47 Å². The average molecular weight is 186 g/mol. The van der Waals surface area contributed by atoms with E-state index < -0.39 is 0 Å². The number of rotatable bonds is 4. The van der Waals surface area contributed by atoms with Crippen LogP contribution in [0.3, 0.4) is 0 Å². The van der Waals surface area contributed by atoms with Crippen molar-refractivity contribution in [1.29, 1.82) is 0 Å². The molecule has 0 spiro atoms. The van der Waals surface area contributed by atoms with E-state index in [2.05, 4.69) is 6.58 Å². The molecule has 0 aromatic carbocycles. The van der Waals surface area contributed by atoms with Crippen LogP contribution in [-0.4, -0.2) is 24.8 Å². The number of carbonyl (C=O) groups excluding carboxylic acids is 1. The Hall–Kier alpha value is -0.830. The third-order valence-electron chi connectivity index (χ3n) is 1.24.